The van der Waals surface area contributed by atoms with Gasteiger partial charge in [-0.1, -0.05) is 231 Å². The van der Waals surface area contributed by atoms with E-state index < -0.39 is 0 Å². The van der Waals surface area contributed by atoms with Gasteiger partial charge in [-0.2, -0.15) is 0 Å². The molecule has 0 heteroatoms. The molecule has 4 aliphatic carbocycles. The Morgan fingerprint density at radius 2 is 0.0833 bits per heavy atom. The van der Waals surface area contributed by atoms with Gasteiger partial charge in [0.15, 0.2) is 0 Å². The molecular formula is C36H72. The largest absolute Gasteiger partial charge is 0.0533 e. The molecule has 36 heavy (non-hydrogen) atoms. The summed E-state index contributed by atoms with van der Waals surface area (Å²) in [5, 5.41) is 0. The highest BCUT2D eigenvalue weighted by Crippen LogP contribution is 2.18. The highest BCUT2D eigenvalue weighted by Gasteiger charge is 1.98. The molecule has 4 aliphatic rings. The molecule has 0 aliphatic heterocycles. The fraction of sp³-hybridized carbons (Fsp3) is 1.00. The molecule has 4 saturated carbocycles. The van der Waals surface area contributed by atoms with Gasteiger partial charge in [-0.15, -0.1) is 0 Å². The van der Waals surface area contributed by atoms with E-state index in [1.807, 2.05) is 0 Å². The van der Waals surface area contributed by atoms with Crippen molar-refractivity contribution in [2.45, 2.75) is 231 Å². The van der Waals surface area contributed by atoms with Crippen LogP contribution in [0.3, 0.4) is 0 Å². The summed E-state index contributed by atoms with van der Waals surface area (Å²) in [4.78, 5) is 0. The van der Waals surface area contributed by atoms with Gasteiger partial charge in [-0.25, -0.2) is 0 Å². The van der Waals surface area contributed by atoms with Gasteiger partial charge in [-0.05, 0) is 0 Å². The maximum Gasteiger partial charge on any atom is -0.0533 e. The smallest absolute Gasteiger partial charge is 0.0533 e. The van der Waals surface area contributed by atoms with Crippen LogP contribution < -0.4 is 0 Å². The van der Waals surface area contributed by atoms with Crippen LogP contribution in [0.5, 0.6) is 0 Å². The van der Waals surface area contributed by atoms with Crippen LogP contribution in [0.2, 0.25) is 0 Å². The molecule has 0 aromatic carbocycles. The standard InChI is InChI=1S/C12H24.C10H20.C8H16.C6H12/c1-2-4-6-8-10-12-11-9-7-5-3-1;1-2-4-6-8-10-9-7-5-3-1;1-2-4-6-8-7-5-3-1;1-2-4-6-5-3-1/h1-12H2;1-10H2;1-8H2;1-6H2. The SMILES string of the molecule is C1CCCCC1.C1CCCCCCC1.C1CCCCCCCCC1.C1CCCCCCCCCCC1. The Hall–Kier alpha value is 0. The van der Waals surface area contributed by atoms with Crippen molar-refractivity contribution in [1.29, 1.82) is 0 Å². The minimum atomic E-state index is 1.50. The number of hydrogen-bond acceptors (Lipinski definition) is 0. The number of hydrogen-bond donors (Lipinski definition) is 0. The first-order chi connectivity index (χ1) is 18.0. The lowest BCUT2D eigenvalue weighted by Crippen LogP contribution is -1.85. The van der Waals surface area contributed by atoms with E-state index in [-0.39, 0.29) is 0 Å². The molecular weight excluding hydrogens is 432 g/mol. The Morgan fingerprint density at radius 3 is 0.111 bits per heavy atom. The van der Waals surface area contributed by atoms with Crippen molar-refractivity contribution in [2.24, 2.45) is 0 Å². The predicted molar refractivity (Wildman–Crippen MR) is 166 cm³/mol. The summed E-state index contributed by atoms with van der Waals surface area (Å²) < 4.78 is 0. The molecule has 0 heterocycles. The van der Waals surface area contributed by atoms with E-state index in [0.29, 0.717) is 0 Å². The molecule has 0 atom stereocenters. The van der Waals surface area contributed by atoms with E-state index in [1.165, 1.54) is 231 Å². The monoisotopic (exact) mass is 505 g/mol. The van der Waals surface area contributed by atoms with Gasteiger partial charge >= 0.3 is 0 Å². The van der Waals surface area contributed by atoms with E-state index in [0.717, 1.165) is 0 Å². The topological polar surface area (TPSA) is 0 Å². The lowest BCUT2D eigenvalue weighted by molar-refractivity contribution is 0.504. The highest BCUT2D eigenvalue weighted by atomic mass is 14.0. The zero-order valence-electron chi connectivity index (χ0n) is 25.5. The normalized spacial score (nSPS) is 24.0. The van der Waals surface area contributed by atoms with Gasteiger partial charge in [0.05, 0.1) is 0 Å². The summed E-state index contributed by atoms with van der Waals surface area (Å²) in [6, 6.07) is 0. The van der Waals surface area contributed by atoms with Crippen molar-refractivity contribution in [3.05, 3.63) is 0 Å². The van der Waals surface area contributed by atoms with E-state index in [2.05, 4.69) is 0 Å². The Bertz CT molecular complexity index is 256. The summed E-state index contributed by atoms with van der Waals surface area (Å²) in [5.74, 6) is 0. The highest BCUT2D eigenvalue weighted by molar-refractivity contribution is 4.54. The van der Waals surface area contributed by atoms with Crippen molar-refractivity contribution < 1.29 is 0 Å². The Morgan fingerprint density at radius 1 is 0.0556 bits per heavy atom. The minimum absolute atomic E-state index is 1.50. The van der Waals surface area contributed by atoms with Gasteiger partial charge in [-0.3, -0.25) is 0 Å². The fourth-order valence-electron chi connectivity index (χ4n) is 6.36. The van der Waals surface area contributed by atoms with Crippen molar-refractivity contribution in [3.8, 4) is 0 Å². The zero-order chi connectivity index (χ0) is 25.5. The van der Waals surface area contributed by atoms with Gasteiger partial charge < -0.3 is 0 Å². The minimum Gasteiger partial charge on any atom is -0.0533 e. The third-order valence-corrected chi connectivity index (χ3v) is 9.00. The van der Waals surface area contributed by atoms with Crippen molar-refractivity contribution in [3.63, 3.8) is 0 Å². The third kappa shape index (κ3) is 28.6. The number of rotatable bonds is 0. The molecule has 0 aromatic heterocycles. The van der Waals surface area contributed by atoms with Gasteiger partial charge in [0.2, 0.25) is 0 Å². The van der Waals surface area contributed by atoms with E-state index in [4.69, 9.17) is 0 Å². The Kier molecular flexibility index (Phi) is 29.5. The first kappa shape index (κ1) is 34.0. The second-order valence-corrected chi connectivity index (χ2v) is 12.7. The molecule has 0 bridgehead atoms. The van der Waals surface area contributed by atoms with Crippen molar-refractivity contribution >= 4 is 0 Å². The van der Waals surface area contributed by atoms with Gasteiger partial charge in [0, 0.05) is 0 Å². The molecule has 0 aromatic rings. The van der Waals surface area contributed by atoms with E-state index in [1.54, 1.807) is 0 Å². The summed E-state index contributed by atoms with van der Waals surface area (Å²) in [5.41, 5.74) is 0. The first-order valence-corrected chi connectivity index (χ1v) is 18.0. The maximum absolute atomic E-state index is 1.50. The predicted octanol–water partition coefficient (Wildman–Crippen LogP) is 14.0. The molecule has 216 valence electrons. The second-order valence-electron chi connectivity index (χ2n) is 12.7. The van der Waals surface area contributed by atoms with Gasteiger partial charge in [0.1, 0.15) is 0 Å². The lowest BCUT2D eigenvalue weighted by Gasteiger charge is -2.05. The fourth-order valence-corrected chi connectivity index (χ4v) is 6.36. The molecule has 0 amide bonds. The van der Waals surface area contributed by atoms with Crippen molar-refractivity contribution in [1.82, 2.24) is 0 Å². The van der Waals surface area contributed by atoms with Crippen LogP contribution >= 0.6 is 0 Å². The summed E-state index contributed by atoms with van der Waals surface area (Å²) in [7, 11) is 0. The van der Waals surface area contributed by atoms with Crippen molar-refractivity contribution in [2.75, 3.05) is 0 Å². The molecule has 0 N–H and O–H groups in total. The van der Waals surface area contributed by atoms with Crippen LogP contribution in [-0.4, -0.2) is 0 Å². The Labute approximate surface area is 231 Å². The molecule has 4 fully saturated rings. The van der Waals surface area contributed by atoms with Crippen LogP contribution in [0.25, 0.3) is 0 Å². The third-order valence-electron chi connectivity index (χ3n) is 9.00. The van der Waals surface area contributed by atoms with Crippen LogP contribution in [0.4, 0.5) is 0 Å². The van der Waals surface area contributed by atoms with Gasteiger partial charge in [0.25, 0.3) is 0 Å². The summed E-state index contributed by atoms with van der Waals surface area (Å²) in [6.07, 6.45) is 54.0. The average Bonchev–Trinajstić information content (AvgIpc) is 2.90. The van der Waals surface area contributed by atoms with Crippen LogP contribution in [0.15, 0.2) is 0 Å². The summed E-state index contributed by atoms with van der Waals surface area (Å²) >= 11 is 0. The van der Waals surface area contributed by atoms with E-state index >= 15 is 0 Å². The first-order valence-electron chi connectivity index (χ1n) is 18.0. The average molecular weight is 505 g/mol. The van der Waals surface area contributed by atoms with Crippen LogP contribution in [0.1, 0.15) is 231 Å². The van der Waals surface area contributed by atoms with Crippen LogP contribution in [0, 0.1) is 0 Å². The molecule has 0 spiro atoms. The molecule has 0 nitrogen and oxygen atoms in total. The lowest BCUT2D eigenvalue weighted by atomic mass is 10.0. The molecule has 0 saturated heterocycles. The second kappa shape index (κ2) is 31.2. The quantitative estimate of drug-likeness (QED) is 0.307. The van der Waals surface area contributed by atoms with Crippen LogP contribution in [-0.2, 0) is 0 Å². The Balaban J connectivity index is 0.000000247. The zero-order valence-corrected chi connectivity index (χ0v) is 25.5. The molecule has 4 rings (SSSR count). The molecule has 0 radical (unpaired) electrons. The van der Waals surface area contributed by atoms with E-state index in [9.17, 15) is 0 Å². The summed E-state index contributed by atoms with van der Waals surface area (Å²) in [6.45, 7) is 0. The molecule has 0 unspecified atom stereocenters. The maximum atomic E-state index is 1.50.